The summed E-state index contributed by atoms with van der Waals surface area (Å²) in [6, 6.07) is 0.129. The van der Waals surface area contributed by atoms with Gasteiger partial charge in [0, 0.05) is 31.4 Å². The molecule has 12 heteroatoms. The summed E-state index contributed by atoms with van der Waals surface area (Å²) >= 11 is 0. The van der Waals surface area contributed by atoms with E-state index in [9.17, 15) is 9.59 Å². The van der Waals surface area contributed by atoms with Crippen LogP contribution in [-0.2, 0) is 14.3 Å². The van der Waals surface area contributed by atoms with Crippen LogP contribution in [0.2, 0.25) is 0 Å². The topological polar surface area (TPSA) is 172 Å². The molecule has 0 unspecified atom stereocenters. The van der Waals surface area contributed by atoms with E-state index in [1.165, 1.54) is 6.20 Å². The Morgan fingerprint density at radius 2 is 1.90 bits per heavy atom. The van der Waals surface area contributed by atoms with E-state index in [-0.39, 0.29) is 30.1 Å². The van der Waals surface area contributed by atoms with Gasteiger partial charge in [-0.2, -0.15) is 5.10 Å². The minimum Gasteiger partial charge on any atom is -0.476 e. The lowest BCUT2D eigenvalue weighted by Gasteiger charge is -2.32. The highest BCUT2D eigenvalue weighted by atomic mass is 16.5. The number of aromatic nitrogens is 4. The Hall–Kier alpha value is -3.09. The highest BCUT2D eigenvalue weighted by Crippen LogP contribution is 2.25. The number of piperidine rings is 1. The summed E-state index contributed by atoms with van der Waals surface area (Å²) in [4.78, 5) is 33.2. The summed E-state index contributed by atoms with van der Waals surface area (Å²) in [7, 11) is 0. The molecule has 5 N–H and O–H groups in total. The lowest BCUT2D eigenvalue weighted by atomic mass is 10.1. The predicted octanol–water partition coefficient (Wildman–Crippen LogP) is -0.224. The van der Waals surface area contributed by atoms with E-state index in [2.05, 4.69) is 15.1 Å². The molecule has 1 aliphatic heterocycles. The highest BCUT2D eigenvalue weighted by Gasteiger charge is 2.24. The maximum absolute atomic E-state index is 12.3. The van der Waals surface area contributed by atoms with Gasteiger partial charge in [-0.1, -0.05) is 0 Å². The molecule has 1 amide bonds. The van der Waals surface area contributed by atoms with E-state index in [0.29, 0.717) is 50.7 Å². The van der Waals surface area contributed by atoms with Crippen LogP contribution in [0.5, 0.6) is 0 Å². The first-order valence-electron chi connectivity index (χ1n) is 10.0. The van der Waals surface area contributed by atoms with E-state index in [1.807, 2.05) is 4.68 Å². The molecule has 1 fully saturated rings. The molecule has 0 atom stereocenters. The van der Waals surface area contributed by atoms with Crippen molar-refractivity contribution >= 4 is 17.7 Å². The van der Waals surface area contributed by atoms with Gasteiger partial charge in [0.25, 0.3) is 0 Å². The van der Waals surface area contributed by atoms with Gasteiger partial charge in [-0.25, -0.2) is 14.8 Å². The van der Waals surface area contributed by atoms with Crippen LogP contribution in [0.4, 0.5) is 5.82 Å². The molecule has 168 valence electrons. The van der Waals surface area contributed by atoms with Crippen LogP contribution in [-0.4, -0.2) is 87.7 Å². The van der Waals surface area contributed by atoms with Gasteiger partial charge in [0.2, 0.25) is 5.91 Å². The van der Waals surface area contributed by atoms with Gasteiger partial charge in [-0.3, -0.25) is 9.48 Å². The second kappa shape index (κ2) is 10.8. The van der Waals surface area contributed by atoms with Crippen LogP contribution in [0.1, 0.15) is 29.4 Å². The molecular formula is C19H27N7O5. The molecular weight excluding hydrogens is 406 g/mol. The molecule has 0 saturated carbocycles. The molecule has 1 aliphatic rings. The van der Waals surface area contributed by atoms with Crippen molar-refractivity contribution in [2.24, 2.45) is 5.73 Å². The quantitative estimate of drug-likeness (QED) is 0.425. The first-order chi connectivity index (χ1) is 15.0. The van der Waals surface area contributed by atoms with Gasteiger partial charge in [0.05, 0.1) is 44.0 Å². The fourth-order valence-electron chi connectivity index (χ4n) is 3.30. The van der Waals surface area contributed by atoms with Gasteiger partial charge in [0.1, 0.15) is 6.61 Å². The number of carbonyl (C=O) groups is 2. The lowest BCUT2D eigenvalue weighted by molar-refractivity contribution is -0.138. The van der Waals surface area contributed by atoms with Crippen LogP contribution in [0.3, 0.4) is 0 Å². The SMILES string of the molecule is NCCOCCOCC(=O)N1CCC(n2cc(-c3cnc(N)c(C(=O)O)n3)cn2)CC1. The van der Waals surface area contributed by atoms with E-state index in [1.54, 1.807) is 17.3 Å². The van der Waals surface area contributed by atoms with E-state index in [0.717, 1.165) is 12.8 Å². The fraction of sp³-hybridized carbons (Fsp3) is 0.526. The number of ether oxygens (including phenoxy) is 2. The molecule has 0 bridgehead atoms. The number of carbonyl (C=O) groups excluding carboxylic acids is 1. The number of amides is 1. The molecule has 0 radical (unpaired) electrons. The van der Waals surface area contributed by atoms with E-state index < -0.39 is 5.97 Å². The molecule has 0 aromatic carbocycles. The number of hydrogen-bond acceptors (Lipinski definition) is 9. The van der Waals surface area contributed by atoms with Gasteiger partial charge in [0.15, 0.2) is 11.5 Å². The average molecular weight is 433 g/mol. The number of carboxylic acids is 1. The summed E-state index contributed by atoms with van der Waals surface area (Å²) < 4.78 is 12.4. The molecule has 0 spiro atoms. The van der Waals surface area contributed by atoms with Crippen molar-refractivity contribution in [3.8, 4) is 11.3 Å². The number of carboxylic acid groups (broad SMARTS) is 1. The molecule has 2 aromatic heterocycles. The Labute approximate surface area is 179 Å². The molecule has 12 nitrogen and oxygen atoms in total. The Morgan fingerprint density at radius 1 is 1.16 bits per heavy atom. The highest BCUT2D eigenvalue weighted by molar-refractivity contribution is 5.90. The van der Waals surface area contributed by atoms with Crippen LogP contribution in [0.25, 0.3) is 11.3 Å². The largest absolute Gasteiger partial charge is 0.476 e. The van der Waals surface area contributed by atoms with Gasteiger partial charge in [-0.05, 0) is 12.8 Å². The van der Waals surface area contributed by atoms with Gasteiger partial charge in [-0.15, -0.1) is 0 Å². The smallest absolute Gasteiger partial charge is 0.358 e. The third-order valence-corrected chi connectivity index (χ3v) is 4.95. The minimum absolute atomic E-state index is 0.0320. The number of nitrogen functional groups attached to an aromatic ring is 1. The van der Waals surface area contributed by atoms with Crippen molar-refractivity contribution < 1.29 is 24.2 Å². The van der Waals surface area contributed by atoms with Crippen LogP contribution < -0.4 is 11.5 Å². The number of likely N-dealkylation sites (tertiary alicyclic amines) is 1. The normalized spacial score (nSPS) is 14.7. The Kier molecular flexibility index (Phi) is 7.87. The molecule has 2 aromatic rings. The Balaban J connectivity index is 1.50. The first-order valence-corrected chi connectivity index (χ1v) is 10.0. The Bertz CT molecular complexity index is 896. The van der Waals surface area contributed by atoms with Crippen molar-refractivity contribution in [2.75, 3.05) is 51.8 Å². The number of rotatable bonds is 10. The van der Waals surface area contributed by atoms with Crippen LogP contribution in [0, 0.1) is 0 Å². The number of anilines is 1. The van der Waals surface area contributed by atoms with Crippen molar-refractivity contribution in [3.63, 3.8) is 0 Å². The average Bonchev–Trinajstić information content (AvgIpc) is 3.26. The maximum atomic E-state index is 12.3. The van der Waals surface area contributed by atoms with Gasteiger partial charge >= 0.3 is 5.97 Å². The predicted molar refractivity (Wildman–Crippen MR) is 110 cm³/mol. The standard InChI is InChI=1S/C19H27N7O5/c20-3-6-30-7-8-31-12-16(27)25-4-1-14(2-5-25)26-11-13(9-23-26)15-10-22-18(21)17(24-15)19(28)29/h9-11,14H,1-8,12,20H2,(H2,21,22)(H,28,29). The number of hydrogen-bond donors (Lipinski definition) is 3. The van der Waals surface area contributed by atoms with E-state index >= 15 is 0 Å². The van der Waals surface area contributed by atoms with Crippen molar-refractivity contribution in [1.29, 1.82) is 0 Å². The van der Waals surface area contributed by atoms with Crippen molar-refractivity contribution in [1.82, 2.24) is 24.6 Å². The maximum Gasteiger partial charge on any atom is 0.358 e. The number of nitrogens with zero attached hydrogens (tertiary/aromatic N) is 5. The minimum atomic E-state index is -1.23. The lowest BCUT2D eigenvalue weighted by Crippen LogP contribution is -2.41. The molecule has 3 heterocycles. The first kappa shape index (κ1) is 22.6. The zero-order chi connectivity index (χ0) is 22.2. The van der Waals surface area contributed by atoms with Crippen molar-refractivity contribution in [2.45, 2.75) is 18.9 Å². The zero-order valence-electron chi connectivity index (χ0n) is 17.1. The van der Waals surface area contributed by atoms with E-state index in [4.69, 9.17) is 26.0 Å². The number of aromatic carboxylic acids is 1. The summed E-state index contributed by atoms with van der Waals surface area (Å²) in [6.45, 7) is 2.96. The Morgan fingerprint density at radius 3 is 2.61 bits per heavy atom. The fourth-order valence-corrected chi connectivity index (χ4v) is 3.30. The molecule has 1 saturated heterocycles. The molecule has 31 heavy (non-hydrogen) atoms. The summed E-state index contributed by atoms with van der Waals surface area (Å²) in [5.41, 5.74) is 11.6. The summed E-state index contributed by atoms with van der Waals surface area (Å²) in [5, 5.41) is 13.6. The number of nitrogens with two attached hydrogens (primary N) is 2. The summed E-state index contributed by atoms with van der Waals surface area (Å²) in [6.07, 6.45) is 6.34. The second-order valence-corrected chi connectivity index (χ2v) is 7.07. The van der Waals surface area contributed by atoms with Crippen molar-refractivity contribution in [3.05, 3.63) is 24.3 Å². The summed E-state index contributed by atoms with van der Waals surface area (Å²) in [5.74, 6) is -1.41. The third kappa shape index (κ3) is 5.96. The zero-order valence-corrected chi connectivity index (χ0v) is 17.1. The van der Waals surface area contributed by atoms with Gasteiger partial charge < -0.3 is 30.9 Å². The van der Waals surface area contributed by atoms with Crippen LogP contribution >= 0.6 is 0 Å². The molecule has 0 aliphatic carbocycles. The monoisotopic (exact) mass is 433 g/mol. The molecule has 3 rings (SSSR count). The van der Waals surface area contributed by atoms with Crippen LogP contribution in [0.15, 0.2) is 18.6 Å². The second-order valence-electron chi connectivity index (χ2n) is 7.07. The third-order valence-electron chi connectivity index (χ3n) is 4.95.